The van der Waals surface area contributed by atoms with E-state index in [1.165, 1.54) is 88.3 Å². The van der Waals surface area contributed by atoms with Gasteiger partial charge in [-0.05, 0) is 117 Å². The molecule has 0 spiro atoms. The van der Waals surface area contributed by atoms with E-state index in [4.69, 9.17) is 9.97 Å². The third kappa shape index (κ3) is 4.33. The number of nitrogens with zero attached hydrogens (tertiary/aromatic N) is 2. The first-order valence-corrected chi connectivity index (χ1v) is 17.3. The van der Waals surface area contributed by atoms with E-state index < -0.39 is 0 Å². The molecule has 8 aromatic rings. The van der Waals surface area contributed by atoms with Crippen LogP contribution in [0, 0.1) is 27.7 Å². The number of fused-ring (bicyclic) bond motifs is 7. The van der Waals surface area contributed by atoms with E-state index in [1.807, 2.05) is 6.20 Å². The summed E-state index contributed by atoms with van der Waals surface area (Å²) in [4.78, 5) is 10.3. The summed E-state index contributed by atoms with van der Waals surface area (Å²) in [5.41, 5.74) is 19.4. The van der Waals surface area contributed by atoms with E-state index in [1.54, 1.807) is 0 Å². The fourth-order valence-electron chi connectivity index (χ4n) is 8.26. The Morgan fingerprint density at radius 1 is 0.449 bits per heavy atom. The zero-order chi connectivity index (χ0) is 33.6. The summed E-state index contributed by atoms with van der Waals surface area (Å²) < 4.78 is 0. The molecule has 9 rings (SSSR count). The van der Waals surface area contributed by atoms with Crippen molar-refractivity contribution >= 4 is 32.6 Å². The van der Waals surface area contributed by atoms with Crippen molar-refractivity contribution in [2.45, 2.75) is 47.0 Å². The SMILES string of the molecule is Cc1cnc2c(ccc3c(C)c(C)c(-c4cccc5c(-c6cccc(-c7ccc8c(c7)C(C)(C)c7ccccc7-8)c6)cccc45)nc32)c1C. The highest BCUT2D eigenvalue weighted by atomic mass is 14.8. The fourth-order valence-corrected chi connectivity index (χ4v) is 8.26. The Kier molecular flexibility index (Phi) is 6.45. The van der Waals surface area contributed by atoms with E-state index in [0.29, 0.717) is 0 Å². The second-order valence-corrected chi connectivity index (χ2v) is 14.4. The minimum atomic E-state index is -0.0288. The van der Waals surface area contributed by atoms with Crippen molar-refractivity contribution in [3.05, 3.63) is 155 Å². The van der Waals surface area contributed by atoms with Crippen LogP contribution in [-0.2, 0) is 5.41 Å². The average molecular weight is 631 g/mol. The van der Waals surface area contributed by atoms with Crippen LogP contribution < -0.4 is 0 Å². The minimum absolute atomic E-state index is 0.0288. The molecule has 6 aromatic carbocycles. The monoisotopic (exact) mass is 630 g/mol. The van der Waals surface area contributed by atoms with Crippen LogP contribution in [0.3, 0.4) is 0 Å². The molecular weight excluding hydrogens is 593 g/mol. The lowest BCUT2D eigenvalue weighted by Crippen LogP contribution is -2.14. The van der Waals surface area contributed by atoms with Gasteiger partial charge >= 0.3 is 0 Å². The number of pyridine rings is 2. The van der Waals surface area contributed by atoms with Crippen LogP contribution in [0.2, 0.25) is 0 Å². The first-order valence-electron chi connectivity index (χ1n) is 17.3. The van der Waals surface area contributed by atoms with Gasteiger partial charge in [0, 0.05) is 27.9 Å². The van der Waals surface area contributed by atoms with E-state index >= 15 is 0 Å². The van der Waals surface area contributed by atoms with Crippen LogP contribution in [0.1, 0.15) is 47.2 Å². The van der Waals surface area contributed by atoms with Gasteiger partial charge in [-0.15, -0.1) is 0 Å². The Labute approximate surface area is 288 Å². The highest BCUT2D eigenvalue weighted by molar-refractivity contribution is 6.09. The Balaban J connectivity index is 1.18. The number of aryl methyl sites for hydroxylation is 3. The Hall–Kier alpha value is -5.60. The fraction of sp³-hybridized carbons (Fsp3) is 0.149. The topological polar surface area (TPSA) is 25.8 Å². The van der Waals surface area contributed by atoms with Crippen LogP contribution in [0.4, 0.5) is 0 Å². The molecule has 1 aliphatic carbocycles. The maximum absolute atomic E-state index is 5.40. The Morgan fingerprint density at radius 2 is 1.08 bits per heavy atom. The molecule has 0 saturated carbocycles. The predicted molar refractivity (Wildman–Crippen MR) is 207 cm³/mol. The van der Waals surface area contributed by atoms with Crippen LogP contribution in [0.15, 0.2) is 121 Å². The summed E-state index contributed by atoms with van der Waals surface area (Å²) in [6, 6.07) is 42.7. The van der Waals surface area contributed by atoms with Crippen molar-refractivity contribution in [2.75, 3.05) is 0 Å². The molecule has 0 saturated heterocycles. The Bertz CT molecular complexity index is 2680. The number of hydrogen-bond donors (Lipinski definition) is 0. The van der Waals surface area contributed by atoms with E-state index in [0.717, 1.165) is 22.3 Å². The normalized spacial score (nSPS) is 13.3. The molecule has 0 atom stereocenters. The van der Waals surface area contributed by atoms with Gasteiger partial charge in [0.25, 0.3) is 0 Å². The largest absolute Gasteiger partial charge is 0.254 e. The van der Waals surface area contributed by atoms with Gasteiger partial charge in [0.1, 0.15) is 0 Å². The van der Waals surface area contributed by atoms with Crippen LogP contribution in [0.5, 0.6) is 0 Å². The number of benzene rings is 6. The quantitative estimate of drug-likeness (QED) is 0.182. The molecule has 0 radical (unpaired) electrons. The summed E-state index contributed by atoms with van der Waals surface area (Å²) >= 11 is 0. The maximum Gasteiger partial charge on any atom is 0.0975 e. The second kappa shape index (κ2) is 10.7. The summed E-state index contributed by atoms with van der Waals surface area (Å²) in [7, 11) is 0. The molecule has 2 aromatic heterocycles. The van der Waals surface area contributed by atoms with E-state index in [2.05, 4.69) is 157 Å². The van der Waals surface area contributed by atoms with Gasteiger partial charge in [0.2, 0.25) is 0 Å². The van der Waals surface area contributed by atoms with Crippen molar-refractivity contribution in [2.24, 2.45) is 0 Å². The zero-order valence-corrected chi connectivity index (χ0v) is 28.9. The lowest BCUT2D eigenvalue weighted by Gasteiger charge is -2.22. The molecule has 1 aliphatic rings. The highest BCUT2D eigenvalue weighted by Crippen LogP contribution is 2.49. The van der Waals surface area contributed by atoms with Crippen molar-refractivity contribution in [3.63, 3.8) is 0 Å². The first-order chi connectivity index (χ1) is 23.7. The van der Waals surface area contributed by atoms with Crippen LogP contribution in [-0.4, -0.2) is 9.97 Å². The summed E-state index contributed by atoms with van der Waals surface area (Å²) in [5.74, 6) is 0. The molecule has 236 valence electrons. The molecule has 0 fully saturated rings. The van der Waals surface area contributed by atoms with Gasteiger partial charge in [-0.1, -0.05) is 117 Å². The van der Waals surface area contributed by atoms with Crippen molar-refractivity contribution in [3.8, 4) is 44.6 Å². The lowest BCUT2D eigenvalue weighted by atomic mass is 9.81. The lowest BCUT2D eigenvalue weighted by molar-refractivity contribution is 0.660. The molecule has 0 bridgehead atoms. The molecule has 2 nitrogen and oxygen atoms in total. The molecule has 2 heteroatoms. The van der Waals surface area contributed by atoms with E-state index in [-0.39, 0.29) is 5.41 Å². The Morgan fingerprint density at radius 3 is 1.90 bits per heavy atom. The van der Waals surface area contributed by atoms with E-state index in [9.17, 15) is 0 Å². The van der Waals surface area contributed by atoms with Crippen molar-refractivity contribution in [1.82, 2.24) is 9.97 Å². The van der Waals surface area contributed by atoms with Gasteiger partial charge in [-0.2, -0.15) is 0 Å². The average Bonchev–Trinajstić information content (AvgIpc) is 3.36. The molecule has 0 N–H and O–H groups in total. The molecule has 49 heavy (non-hydrogen) atoms. The van der Waals surface area contributed by atoms with Gasteiger partial charge in [-0.25, -0.2) is 4.98 Å². The van der Waals surface area contributed by atoms with Gasteiger partial charge < -0.3 is 0 Å². The van der Waals surface area contributed by atoms with Gasteiger partial charge in [-0.3, -0.25) is 4.98 Å². The van der Waals surface area contributed by atoms with Gasteiger partial charge in [0.15, 0.2) is 0 Å². The number of rotatable bonds is 3. The molecule has 2 heterocycles. The molecule has 0 unspecified atom stereocenters. The molecule has 0 amide bonds. The zero-order valence-electron chi connectivity index (χ0n) is 28.9. The first kappa shape index (κ1) is 29.5. The van der Waals surface area contributed by atoms with Crippen LogP contribution >= 0.6 is 0 Å². The highest BCUT2D eigenvalue weighted by Gasteiger charge is 2.35. The summed E-state index contributed by atoms with van der Waals surface area (Å²) in [6.07, 6.45) is 1.98. The smallest absolute Gasteiger partial charge is 0.0975 e. The second-order valence-electron chi connectivity index (χ2n) is 14.4. The summed E-state index contributed by atoms with van der Waals surface area (Å²) in [5, 5.41) is 4.77. The minimum Gasteiger partial charge on any atom is -0.254 e. The van der Waals surface area contributed by atoms with Crippen LogP contribution in [0.25, 0.3) is 77.2 Å². The number of aromatic nitrogens is 2. The van der Waals surface area contributed by atoms with Gasteiger partial charge in [0.05, 0.1) is 16.7 Å². The maximum atomic E-state index is 5.40. The van der Waals surface area contributed by atoms with Crippen molar-refractivity contribution < 1.29 is 0 Å². The number of hydrogen-bond acceptors (Lipinski definition) is 2. The molecule has 0 aliphatic heterocycles. The summed E-state index contributed by atoms with van der Waals surface area (Å²) in [6.45, 7) is 13.4. The third-order valence-electron chi connectivity index (χ3n) is 11.3. The standard InChI is InChI=1S/C47H38N2/c1-27-26-48-45-34(28(27)2)22-23-35-29(3)30(4)44(49-46(35)45)41-18-11-16-37-36(15-10-17-38(37)41)33-13-9-12-31(24-33)32-20-21-40-39-14-7-8-19-42(39)47(5,6)43(40)25-32/h7-26H,1-6H3. The predicted octanol–water partition coefficient (Wildman–Crippen LogP) is 12.5. The third-order valence-corrected chi connectivity index (χ3v) is 11.3. The van der Waals surface area contributed by atoms with Crippen molar-refractivity contribution in [1.29, 1.82) is 0 Å². The molecular formula is C47H38N2.